The van der Waals surface area contributed by atoms with Crippen LogP contribution >= 0.6 is 0 Å². The van der Waals surface area contributed by atoms with Crippen LogP contribution in [-0.2, 0) is 14.3 Å². The molecule has 1 aliphatic carbocycles. The molecule has 8 heteroatoms. The van der Waals surface area contributed by atoms with E-state index in [1.165, 1.54) is 0 Å². The second kappa shape index (κ2) is 10.9. The Hall–Kier alpha value is -1.83. The second-order valence-corrected chi connectivity index (χ2v) is 6.58. The van der Waals surface area contributed by atoms with Crippen molar-refractivity contribution >= 4 is 17.8 Å². The van der Waals surface area contributed by atoms with Crippen molar-refractivity contribution in [2.24, 2.45) is 10.4 Å². The Morgan fingerprint density at radius 2 is 1.84 bits per heavy atom. The molecule has 2 amide bonds. The van der Waals surface area contributed by atoms with Crippen LogP contribution in [0.1, 0.15) is 32.6 Å². The first-order valence-electron chi connectivity index (χ1n) is 8.95. The van der Waals surface area contributed by atoms with E-state index in [4.69, 9.17) is 4.74 Å². The van der Waals surface area contributed by atoms with Crippen LogP contribution in [0, 0.1) is 5.41 Å². The van der Waals surface area contributed by atoms with Gasteiger partial charge in [-0.2, -0.15) is 0 Å². The van der Waals surface area contributed by atoms with Gasteiger partial charge in [-0.3, -0.25) is 9.59 Å². The molecule has 0 unspecified atom stereocenters. The van der Waals surface area contributed by atoms with Crippen molar-refractivity contribution in [2.45, 2.75) is 32.6 Å². The molecule has 0 radical (unpaired) electrons. The molecule has 0 aromatic rings. The molecule has 144 valence electrons. The molecule has 0 bridgehead atoms. The molecule has 0 aromatic carbocycles. The fourth-order valence-corrected chi connectivity index (χ4v) is 3.09. The minimum Gasteiger partial charge on any atom is -0.383 e. The van der Waals surface area contributed by atoms with Gasteiger partial charge in [-0.1, -0.05) is 12.8 Å². The molecule has 1 aliphatic rings. The molecule has 1 fully saturated rings. The monoisotopic (exact) mass is 355 g/mol. The van der Waals surface area contributed by atoms with E-state index in [0.717, 1.165) is 25.7 Å². The van der Waals surface area contributed by atoms with Crippen molar-refractivity contribution in [2.75, 3.05) is 54.0 Å². The lowest BCUT2D eigenvalue weighted by Crippen LogP contribution is -2.49. The van der Waals surface area contributed by atoms with E-state index in [0.29, 0.717) is 32.2 Å². The van der Waals surface area contributed by atoms with Crippen molar-refractivity contribution in [3.8, 4) is 0 Å². The summed E-state index contributed by atoms with van der Waals surface area (Å²) in [5.74, 6) is 0.557. The van der Waals surface area contributed by atoms with Crippen LogP contribution < -0.4 is 16.0 Å². The maximum absolute atomic E-state index is 12.6. The Morgan fingerprint density at radius 3 is 2.40 bits per heavy atom. The topological polar surface area (TPSA) is 95.1 Å². The molecule has 0 saturated heterocycles. The first kappa shape index (κ1) is 21.2. The molecule has 1 saturated carbocycles. The molecular formula is C17H33N5O3. The fraction of sp³-hybridized carbons (Fsp3) is 0.824. The molecule has 0 aliphatic heterocycles. The van der Waals surface area contributed by atoms with Gasteiger partial charge in [0.2, 0.25) is 11.8 Å². The zero-order valence-corrected chi connectivity index (χ0v) is 16.0. The quantitative estimate of drug-likeness (QED) is 0.306. The number of aliphatic imine (C=N–C) groups is 1. The van der Waals surface area contributed by atoms with Gasteiger partial charge in [0.25, 0.3) is 0 Å². The van der Waals surface area contributed by atoms with Gasteiger partial charge in [-0.15, -0.1) is 0 Å². The summed E-state index contributed by atoms with van der Waals surface area (Å²) < 4.78 is 4.89. The van der Waals surface area contributed by atoms with Crippen LogP contribution in [0.4, 0.5) is 0 Å². The Morgan fingerprint density at radius 1 is 1.16 bits per heavy atom. The third-order valence-corrected chi connectivity index (χ3v) is 4.37. The minimum atomic E-state index is -0.375. The van der Waals surface area contributed by atoms with Crippen LogP contribution in [-0.4, -0.2) is 76.7 Å². The Balaban J connectivity index is 2.62. The van der Waals surface area contributed by atoms with E-state index in [1.54, 1.807) is 26.1 Å². The summed E-state index contributed by atoms with van der Waals surface area (Å²) in [6.45, 7) is 4.16. The molecule has 0 heterocycles. The Bertz CT molecular complexity index is 459. The van der Waals surface area contributed by atoms with Crippen LogP contribution in [0.25, 0.3) is 0 Å². The third kappa shape index (κ3) is 6.89. The van der Waals surface area contributed by atoms with Crippen LogP contribution in [0.3, 0.4) is 0 Å². The highest BCUT2D eigenvalue weighted by atomic mass is 16.5. The van der Waals surface area contributed by atoms with Crippen molar-refractivity contribution in [1.29, 1.82) is 0 Å². The molecule has 0 atom stereocenters. The van der Waals surface area contributed by atoms with Gasteiger partial charge in [0, 0.05) is 40.8 Å². The number of guanidine groups is 1. The van der Waals surface area contributed by atoms with Gasteiger partial charge in [0.05, 0.1) is 12.0 Å². The number of carbonyl (C=O) groups is 2. The van der Waals surface area contributed by atoms with Crippen LogP contribution in [0.15, 0.2) is 4.99 Å². The zero-order valence-electron chi connectivity index (χ0n) is 16.0. The van der Waals surface area contributed by atoms with Gasteiger partial charge in [0.1, 0.15) is 6.54 Å². The van der Waals surface area contributed by atoms with Crippen LogP contribution in [0.5, 0.6) is 0 Å². The number of carbonyl (C=O) groups excluding carboxylic acids is 2. The van der Waals surface area contributed by atoms with Gasteiger partial charge in [-0.05, 0) is 19.8 Å². The van der Waals surface area contributed by atoms with E-state index in [1.807, 2.05) is 6.92 Å². The normalized spacial score (nSPS) is 16.4. The zero-order chi connectivity index (χ0) is 18.7. The summed E-state index contributed by atoms with van der Waals surface area (Å²) in [4.78, 5) is 30.3. The average Bonchev–Trinajstić information content (AvgIpc) is 3.07. The Labute approximate surface area is 150 Å². The van der Waals surface area contributed by atoms with E-state index >= 15 is 0 Å². The largest absolute Gasteiger partial charge is 0.383 e. The summed E-state index contributed by atoms with van der Waals surface area (Å²) in [6, 6.07) is 0. The van der Waals surface area contributed by atoms with Gasteiger partial charge < -0.3 is 25.6 Å². The summed E-state index contributed by atoms with van der Waals surface area (Å²) >= 11 is 0. The lowest BCUT2D eigenvalue weighted by Gasteiger charge is -2.31. The highest BCUT2D eigenvalue weighted by Gasteiger charge is 2.42. The SMILES string of the molecule is CCNC(=NCC(=O)NCCOC)NCC1(C(=O)N(C)C)CCCC1. The predicted molar refractivity (Wildman–Crippen MR) is 98.5 cm³/mol. The highest BCUT2D eigenvalue weighted by molar-refractivity contribution is 5.86. The number of amides is 2. The number of nitrogens with zero attached hydrogens (tertiary/aromatic N) is 2. The maximum atomic E-state index is 12.6. The molecule has 3 N–H and O–H groups in total. The first-order chi connectivity index (χ1) is 11.9. The minimum absolute atomic E-state index is 0.0354. The number of hydrogen-bond donors (Lipinski definition) is 3. The second-order valence-electron chi connectivity index (χ2n) is 6.58. The van der Waals surface area contributed by atoms with Gasteiger partial charge >= 0.3 is 0 Å². The molecule has 1 rings (SSSR count). The summed E-state index contributed by atoms with van der Waals surface area (Å²) in [5.41, 5.74) is -0.375. The average molecular weight is 355 g/mol. The van der Waals surface area contributed by atoms with Crippen molar-refractivity contribution in [3.05, 3.63) is 0 Å². The summed E-state index contributed by atoms with van der Waals surface area (Å²) in [7, 11) is 5.18. The number of ether oxygens (including phenoxy) is 1. The fourth-order valence-electron chi connectivity index (χ4n) is 3.09. The smallest absolute Gasteiger partial charge is 0.241 e. The predicted octanol–water partition coefficient (Wildman–Crippen LogP) is -0.0473. The van der Waals surface area contributed by atoms with E-state index in [-0.39, 0.29) is 23.8 Å². The highest BCUT2D eigenvalue weighted by Crippen LogP contribution is 2.38. The van der Waals surface area contributed by atoms with Crippen LogP contribution in [0.2, 0.25) is 0 Å². The van der Waals surface area contributed by atoms with E-state index in [9.17, 15) is 9.59 Å². The lowest BCUT2D eigenvalue weighted by atomic mass is 9.84. The van der Waals surface area contributed by atoms with E-state index < -0.39 is 0 Å². The molecule has 8 nitrogen and oxygen atoms in total. The molecule has 0 aromatic heterocycles. The summed E-state index contributed by atoms with van der Waals surface area (Å²) in [6.07, 6.45) is 3.90. The number of hydrogen-bond acceptors (Lipinski definition) is 4. The molecular weight excluding hydrogens is 322 g/mol. The number of nitrogens with one attached hydrogen (secondary N) is 3. The van der Waals surface area contributed by atoms with Gasteiger partial charge in [0.15, 0.2) is 5.96 Å². The van der Waals surface area contributed by atoms with E-state index in [2.05, 4.69) is 20.9 Å². The standard InChI is InChI=1S/C17H33N5O3/c1-5-18-16(20-12-14(23)19-10-11-25-4)21-13-17(8-6-7-9-17)15(24)22(2)3/h5-13H2,1-4H3,(H,19,23)(H2,18,20,21). The van der Waals surface area contributed by atoms with Crippen molar-refractivity contribution in [1.82, 2.24) is 20.9 Å². The van der Waals surface area contributed by atoms with Gasteiger partial charge in [-0.25, -0.2) is 4.99 Å². The van der Waals surface area contributed by atoms with Crippen molar-refractivity contribution in [3.63, 3.8) is 0 Å². The number of rotatable bonds is 9. The molecule has 25 heavy (non-hydrogen) atoms. The maximum Gasteiger partial charge on any atom is 0.241 e. The third-order valence-electron chi connectivity index (χ3n) is 4.37. The first-order valence-corrected chi connectivity index (χ1v) is 8.95. The lowest BCUT2D eigenvalue weighted by molar-refractivity contribution is -0.138. The van der Waals surface area contributed by atoms with Crippen molar-refractivity contribution < 1.29 is 14.3 Å². The Kier molecular flexibility index (Phi) is 9.26. The number of methoxy groups -OCH3 is 1. The molecule has 0 spiro atoms. The summed E-state index contributed by atoms with van der Waals surface area (Å²) in [5, 5.41) is 9.10.